The Balaban J connectivity index is 4.33. The summed E-state index contributed by atoms with van der Waals surface area (Å²) in [5.74, 6) is -0.448. The first-order valence-corrected chi connectivity index (χ1v) is 29.8. The van der Waals surface area contributed by atoms with Crippen LogP contribution >= 0.6 is 0 Å². The summed E-state index contributed by atoms with van der Waals surface area (Å²) >= 11 is 0. The molecule has 0 spiro atoms. The van der Waals surface area contributed by atoms with Gasteiger partial charge in [-0.1, -0.05) is 266 Å². The predicted octanol–water partition coefficient (Wildman–Crippen LogP) is 20.6. The average molecular weight is 974 g/mol. The van der Waals surface area contributed by atoms with Crippen molar-refractivity contribution in [3.63, 3.8) is 0 Å². The van der Waals surface area contributed by atoms with Gasteiger partial charge in [-0.15, -0.1) is 0 Å². The number of ether oxygens (including phenoxy) is 3. The highest BCUT2D eigenvalue weighted by molar-refractivity contribution is 5.70. The van der Waals surface area contributed by atoms with E-state index in [1.54, 1.807) is 0 Å². The minimum Gasteiger partial charge on any atom is -0.462 e. The molecule has 0 aromatic carbocycles. The van der Waals surface area contributed by atoms with Crippen molar-refractivity contribution in [1.82, 2.24) is 0 Å². The number of hydrogen-bond donors (Lipinski definition) is 0. The van der Waals surface area contributed by atoms with E-state index in [9.17, 15) is 9.59 Å². The van der Waals surface area contributed by atoms with Crippen molar-refractivity contribution in [2.45, 2.75) is 284 Å². The van der Waals surface area contributed by atoms with Crippen LogP contribution in [-0.4, -0.2) is 37.9 Å². The normalized spacial score (nSPS) is 12.9. The van der Waals surface area contributed by atoms with Crippen LogP contribution in [0.1, 0.15) is 278 Å². The second-order valence-electron chi connectivity index (χ2n) is 19.5. The number of hydrogen-bond acceptors (Lipinski definition) is 5. The average Bonchev–Trinajstić information content (AvgIpc) is 3.36. The number of rotatable bonds is 54. The highest BCUT2D eigenvalue weighted by atomic mass is 16.6. The largest absolute Gasteiger partial charge is 0.462 e. The molecule has 0 aliphatic rings. The summed E-state index contributed by atoms with van der Waals surface area (Å²) in [5.41, 5.74) is 0. The van der Waals surface area contributed by atoms with Gasteiger partial charge in [0, 0.05) is 19.4 Å². The molecule has 0 aromatic rings. The third kappa shape index (κ3) is 57.4. The molecule has 0 fully saturated rings. The van der Waals surface area contributed by atoms with E-state index >= 15 is 0 Å². The third-order valence-corrected chi connectivity index (χ3v) is 12.6. The minimum atomic E-state index is -0.564. The predicted molar refractivity (Wildman–Crippen MR) is 306 cm³/mol. The molecule has 0 aliphatic heterocycles. The zero-order valence-electron chi connectivity index (χ0n) is 46.3. The number of allylic oxidation sites excluding steroid dienone is 16. The van der Waals surface area contributed by atoms with Gasteiger partial charge in [0.2, 0.25) is 0 Å². The molecule has 70 heavy (non-hydrogen) atoms. The summed E-state index contributed by atoms with van der Waals surface area (Å²) in [7, 11) is 0. The van der Waals surface area contributed by atoms with Gasteiger partial charge in [-0.25, -0.2) is 0 Å². The summed E-state index contributed by atoms with van der Waals surface area (Å²) in [6.07, 6.45) is 81.5. The SMILES string of the molecule is CC/C=C\C/C=C\C/C=C\C/C=C\C/C=C\CCCCCC(=O)OCC(COCCCCCCCCCCCCCCCCCCCCCC)OC(=O)CCCCCCC/C=C\C/C=C\C/C=C\CC. The lowest BCUT2D eigenvalue weighted by Crippen LogP contribution is -2.30. The quantitative estimate of drug-likeness (QED) is 0.0345. The van der Waals surface area contributed by atoms with Crippen LogP contribution in [0.5, 0.6) is 0 Å². The summed E-state index contributed by atoms with van der Waals surface area (Å²) in [4.78, 5) is 25.5. The summed E-state index contributed by atoms with van der Waals surface area (Å²) in [6, 6.07) is 0. The van der Waals surface area contributed by atoms with Gasteiger partial charge >= 0.3 is 11.9 Å². The first-order valence-electron chi connectivity index (χ1n) is 29.8. The van der Waals surface area contributed by atoms with E-state index < -0.39 is 6.10 Å². The van der Waals surface area contributed by atoms with Crippen LogP contribution in [0.2, 0.25) is 0 Å². The van der Waals surface area contributed by atoms with Crippen molar-refractivity contribution < 1.29 is 23.8 Å². The fourth-order valence-corrected chi connectivity index (χ4v) is 8.26. The van der Waals surface area contributed by atoms with E-state index in [1.807, 2.05) is 0 Å². The molecular formula is C65H112O5. The number of esters is 2. The van der Waals surface area contributed by atoms with Gasteiger partial charge in [0.1, 0.15) is 6.61 Å². The standard InChI is InChI=1S/C65H112O5/c1-4-7-10-13-16-19-22-25-28-30-32-34-36-39-42-45-48-51-54-57-60-68-61-63(70-65(67)59-56-53-50-47-44-41-37-27-24-21-18-15-12-9-6-3)62-69-64(66)58-55-52-49-46-43-40-38-35-33-31-29-26-23-20-17-14-11-8-5-2/h8-9,11-12,17-18,20-21,26-27,29,33,35,37,40,43,63H,4-7,10,13-16,19,22-25,28,30-32,34,36,38-39,41-42,44-62H2,1-3H3/b11-8-,12-9-,20-17-,21-18-,29-26-,35-33-,37-27-,43-40-. The number of carbonyl (C=O) groups is 2. The molecule has 1 atom stereocenters. The minimum absolute atomic E-state index is 0.0586. The Morgan fingerprint density at radius 1 is 0.329 bits per heavy atom. The van der Waals surface area contributed by atoms with Crippen molar-refractivity contribution in [2.24, 2.45) is 0 Å². The number of carbonyl (C=O) groups excluding carboxylic acids is 2. The Morgan fingerprint density at radius 2 is 0.643 bits per heavy atom. The van der Waals surface area contributed by atoms with E-state index in [2.05, 4.69) is 118 Å². The smallest absolute Gasteiger partial charge is 0.306 e. The summed E-state index contributed by atoms with van der Waals surface area (Å²) in [6.45, 7) is 7.58. The summed E-state index contributed by atoms with van der Waals surface area (Å²) < 4.78 is 17.5. The summed E-state index contributed by atoms with van der Waals surface area (Å²) in [5, 5.41) is 0. The van der Waals surface area contributed by atoms with Crippen LogP contribution in [0.25, 0.3) is 0 Å². The fourth-order valence-electron chi connectivity index (χ4n) is 8.26. The maximum absolute atomic E-state index is 12.9. The molecule has 402 valence electrons. The highest BCUT2D eigenvalue weighted by Gasteiger charge is 2.17. The molecule has 0 bridgehead atoms. The molecule has 0 N–H and O–H groups in total. The van der Waals surface area contributed by atoms with Gasteiger partial charge in [0.05, 0.1) is 6.61 Å². The van der Waals surface area contributed by atoms with Crippen LogP contribution in [-0.2, 0) is 23.8 Å². The van der Waals surface area contributed by atoms with Gasteiger partial charge in [0.15, 0.2) is 6.10 Å². The van der Waals surface area contributed by atoms with Crippen LogP contribution in [0.4, 0.5) is 0 Å². The van der Waals surface area contributed by atoms with Crippen molar-refractivity contribution >= 4 is 11.9 Å². The van der Waals surface area contributed by atoms with E-state index in [-0.39, 0.29) is 25.2 Å². The van der Waals surface area contributed by atoms with Gasteiger partial charge < -0.3 is 14.2 Å². The third-order valence-electron chi connectivity index (χ3n) is 12.6. The molecule has 0 amide bonds. The molecule has 1 unspecified atom stereocenters. The Hall–Kier alpha value is -3.18. The molecule has 0 saturated carbocycles. The first kappa shape index (κ1) is 66.8. The maximum atomic E-state index is 12.9. The monoisotopic (exact) mass is 973 g/mol. The van der Waals surface area contributed by atoms with Gasteiger partial charge in [-0.3, -0.25) is 9.59 Å². The van der Waals surface area contributed by atoms with Crippen molar-refractivity contribution in [1.29, 1.82) is 0 Å². The maximum Gasteiger partial charge on any atom is 0.306 e. The Morgan fingerprint density at radius 3 is 1.04 bits per heavy atom. The molecular weight excluding hydrogens is 861 g/mol. The molecule has 0 heterocycles. The van der Waals surface area contributed by atoms with Crippen molar-refractivity contribution in [3.05, 3.63) is 97.2 Å². The van der Waals surface area contributed by atoms with Crippen LogP contribution in [0, 0.1) is 0 Å². The van der Waals surface area contributed by atoms with E-state index in [1.165, 1.54) is 128 Å². The lowest BCUT2D eigenvalue weighted by molar-refractivity contribution is -0.163. The molecule has 0 aromatic heterocycles. The molecule has 0 saturated heterocycles. The highest BCUT2D eigenvalue weighted by Crippen LogP contribution is 2.16. The Kier molecular flexibility index (Phi) is 57.4. The van der Waals surface area contributed by atoms with Crippen molar-refractivity contribution in [3.8, 4) is 0 Å². The van der Waals surface area contributed by atoms with Crippen molar-refractivity contribution in [2.75, 3.05) is 19.8 Å². The zero-order chi connectivity index (χ0) is 50.6. The van der Waals surface area contributed by atoms with Crippen LogP contribution in [0.15, 0.2) is 97.2 Å². The molecule has 5 heteroatoms. The number of unbranched alkanes of at least 4 members (excludes halogenated alkanes) is 27. The lowest BCUT2D eigenvalue weighted by atomic mass is 10.0. The molecule has 5 nitrogen and oxygen atoms in total. The lowest BCUT2D eigenvalue weighted by Gasteiger charge is -2.18. The molecule has 0 radical (unpaired) electrons. The second-order valence-corrected chi connectivity index (χ2v) is 19.5. The topological polar surface area (TPSA) is 61.8 Å². The zero-order valence-corrected chi connectivity index (χ0v) is 46.3. The first-order chi connectivity index (χ1) is 34.6. The van der Waals surface area contributed by atoms with Crippen LogP contribution in [0.3, 0.4) is 0 Å². The Labute approximate surface area is 434 Å². The second kappa shape index (κ2) is 60.1. The Bertz CT molecular complexity index is 1330. The molecule has 0 rings (SSSR count). The van der Waals surface area contributed by atoms with E-state index in [0.29, 0.717) is 19.4 Å². The van der Waals surface area contributed by atoms with Gasteiger partial charge in [-0.2, -0.15) is 0 Å². The van der Waals surface area contributed by atoms with E-state index in [4.69, 9.17) is 14.2 Å². The molecule has 0 aliphatic carbocycles. The van der Waals surface area contributed by atoms with Gasteiger partial charge in [0.25, 0.3) is 0 Å². The van der Waals surface area contributed by atoms with Crippen LogP contribution < -0.4 is 0 Å². The fraction of sp³-hybridized carbons (Fsp3) is 0.723. The van der Waals surface area contributed by atoms with E-state index in [0.717, 1.165) is 116 Å². The van der Waals surface area contributed by atoms with Gasteiger partial charge in [-0.05, 0) is 96.3 Å².